The van der Waals surface area contributed by atoms with Crippen LogP contribution in [0.2, 0.25) is 0 Å². The molecule has 0 spiro atoms. The van der Waals surface area contributed by atoms with Gasteiger partial charge in [-0.1, -0.05) is 18.3 Å². The molecule has 3 nitrogen and oxygen atoms in total. The second kappa shape index (κ2) is 5.80. The van der Waals surface area contributed by atoms with Crippen LogP contribution in [0.4, 0.5) is 5.69 Å². The number of aryl methyl sites for hydroxylation is 1. The molecule has 0 aliphatic heterocycles. The average Bonchev–Trinajstić information content (AvgIpc) is 2.41. The Morgan fingerprint density at radius 2 is 2.11 bits per heavy atom. The number of thiocarbonyl (C=S) groups is 1. The largest absolute Gasteiger partial charge is 0.389 e. The molecule has 0 saturated heterocycles. The zero-order valence-electron chi connectivity index (χ0n) is 11.1. The highest BCUT2D eigenvalue weighted by Crippen LogP contribution is 2.22. The van der Waals surface area contributed by atoms with Gasteiger partial charge in [0.05, 0.1) is 11.7 Å². The first-order valence-corrected chi connectivity index (χ1v) is 6.56. The minimum absolute atomic E-state index is 0.149. The summed E-state index contributed by atoms with van der Waals surface area (Å²) in [5.74, 6) is 0. The van der Waals surface area contributed by atoms with Crippen molar-refractivity contribution in [3.63, 3.8) is 0 Å². The van der Waals surface area contributed by atoms with Crippen LogP contribution in [0.5, 0.6) is 0 Å². The van der Waals surface area contributed by atoms with Crippen LogP contribution in [0.1, 0.15) is 29.8 Å². The van der Waals surface area contributed by atoms with Crippen molar-refractivity contribution in [2.24, 2.45) is 5.73 Å². The van der Waals surface area contributed by atoms with Gasteiger partial charge in [0.2, 0.25) is 0 Å². The van der Waals surface area contributed by atoms with Crippen LogP contribution >= 0.6 is 12.2 Å². The Morgan fingerprint density at radius 3 is 2.68 bits per heavy atom. The predicted molar refractivity (Wildman–Crippen MR) is 83.3 cm³/mol. The molecule has 0 saturated carbocycles. The van der Waals surface area contributed by atoms with Gasteiger partial charge in [0, 0.05) is 17.4 Å². The van der Waals surface area contributed by atoms with Crippen LogP contribution in [-0.2, 0) is 0 Å². The Labute approximate surface area is 118 Å². The molecular weight excluding hydrogens is 254 g/mol. The number of rotatable bonds is 4. The van der Waals surface area contributed by atoms with Crippen LogP contribution in [-0.4, -0.2) is 9.97 Å². The van der Waals surface area contributed by atoms with Gasteiger partial charge in [-0.05, 0) is 49.7 Å². The van der Waals surface area contributed by atoms with Crippen molar-refractivity contribution in [3.8, 4) is 0 Å². The minimum atomic E-state index is 0.149. The van der Waals surface area contributed by atoms with Gasteiger partial charge in [0.1, 0.15) is 4.99 Å². The van der Waals surface area contributed by atoms with Crippen molar-refractivity contribution in [2.75, 3.05) is 5.32 Å². The fourth-order valence-electron chi connectivity index (χ4n) is 1.92. The molecule has 19 heavy (non-hydrogen) atoms. The van der Waals surface area contributed by atoms with Crippen molar-refractivity contribution in [1.29, 1.82) is 0 Å². The van der Waals surface area contributed by atoms with E-state index < -0.39 is 0 Å². The fourth-order valence-corrected chi connectivity index (χ4v) is 2.05. The smallest absolute Gasteiger partial charge is 0.103 e. The highest BCUT2D eigenvalue weighted by molar-refractivity contribution is 7.80. The van der Waals surface area contributed by atoms with Gasteiger partial charge < -0.3 is 11.1 Å². The maximum absolute atomic E-state index is 5.63. The van der Waals surface area contributed by atoms with E-state index in [4.69, 9.17) is 18.0 Å². The molecule has 3 N–H and O–H groups in total. The molecule has 0 bridgehead atoms. The predicted octanol–water partition coefficient (Wildman–Crippen LogP) is 3.20. The molecule has 2 rings (SSSR count). The van der Waals surface area contributed by atoms with Gasteiger partial charge in [-0.15, -0.1) is 0 Å². The van der Waals surface area contributed by atoms with Crippen molar-refractivity contribution < 1.29 is 0 Å². The van der Waals surface area contributed by atoms with Crippen molar-refractivity contribution >= 4 is 22.9 Å². The molecule has 1 heterocycles. The molecule has 0 amide bonds. The van der Waals surface area contributed by atoms with Crippen LogP contribution in [0.25, 0.3) is 0 Å². The average molecular weight is 271 g/mol. The van der Waals surface area contributed by atoms with E-state index in [2.05, 4.69) is 17.2 Å². The van der Waals surface area contributed by atoms with E-state index in [1.807, 2.05) is 43.3 Å². The van der Waals surface area contributed by atoms with Crippen molar-refractivity contribution in [2.45, 2.75) is 19.9 Å². The molecule has 98 valence electrons. The first kappa shape index (κ1) is 13.5. The summed E-state index contributed by atoms with van der Waals surface area (Å²) in [4.78, 5) is 4.77. The standard InChI is InChI=1S/C15H17N3S/c1-10-9-12(15(16)19)6-7-13(10)18-11(2)14-5-3-4-8-17-14/h3-9,11,18H,1-2H3,(H2,16,19). The number of hydrogen-bond donors (Lipinski definition) is 2. The molecule has 1 unspecified atom stereocenters. The number of nitrogens with zero attached hydrogens (tertiary/aromatic N) is 1. The summed E-state index contributed by atoms with van der Waals surface area (Å²) in [6.07, 6.45) is 1.80. The topological polar surface area (TPSA) is 50.9 Å². The second-order valence-corrected chi connectivity index (χ2v) is 4.95. The van der Waals surface area contributed by atoms with E-state index in [0.717, 1.165) is 22.5 Å². The molecule has 0 radical (unpaired) electrons. The summed E-state index contributed by atoms with van der Waals surface area (Å²) >= 11 is 4.98. The lowest BCUT2D eigenvalue weighted by Gasteiger charge is -2.17. The van der Waals surface area contributed by atoms with Gasteiger partial charge in [-0.25, -0.2) is 0 Å². The first-order chi connectivity index (χ1) is 9.08. The van der Waals surface area contributed by atoms with E-state index in [1.54, 1.807) is 6.20 Å². The Balaban J connectivity index is 2.18. The number of pyridine rings is 1. The van der Waals surface area contributed by atoms with Crippen LogP contribution in [0.15, 0.2) is 42.6 Å². The van der Waals surface area contributed by atoms with Gasteiger partial charge in [0.25, 0.3) is 0 Å². The number of nitrogens with one attached hydrogen (secondary N) is 1. The monoisotopic (exact) mass is 271 g/mol. The second-order valence-electron chi connectivity index (χ2n) is 4.51. The Bertz CT molecular complexity index is 581. The van der Waals surface area contributed by atoms with Gasteiger partial charge in [-0.2, -0.15) is 0 Å². The van der Waals surface area contributed by atoms with Gasteiger partial charge in [-0.3, -0.25) is 4.98 Å². The summed E-state index contributed by atoms with van der Waals surface area (Å²) in [5.41, 5.74) is 9.72. The van der Waals surface area contributed by atoms with E-state index in [0.29, 0.717) is 4.99 Å². The lowest BCUT2D eigenvalue weighted by molar-refractivity contribution is 0.838. The molecule has 4 heteroatoms. The number of nitrogens with two attached hydrogens (primary N) is 1. The Morgan fingerprint density at radius 1 is 1.32 bits per heavy atom. The first-order valence-electron chi connectivity index (χ1n) is 6.16. The molecular formula is C15H17N3S. The fraction of sp³-hybridized carbons (Fsp3) is 0.200. The van der Waals surface area contributed by atoms with E-state index in [1.165, 1.54) is 0 Å². The molecule has 1 aromatic heterocycles. The van der Waals surface area contributed by atoms with Gasteiger partial charge >= 0.3 is 0 Å². The zero-order valence-corrected chi connectivity index (χ0v) is 11.9. The summed E-state index contributed by atoms with van der Waals surface area (Å²) in [6.45, 7) is 4.12. The normalized spacial score (nSPS) is 11.9. The maximum atomic E-state index is 5.63. The summed E-state index contributed by atoms with van der Waals surface area (Å²) < 4.78 is 0. The number of aromatic nitrogens is 1. The molecule has 1 atom stereocenters. The maximum Gasteiger partial charge on any atom is 0.103 e. The molecule has 0 fully saturated rings. The van der Waals surface area contributed by atoms with Crippen molar-refractivity contribution in [3.05, 3.63) is 59.4 Å². The molecule has 2 aromatic rings. The molecule has 1 aromatic carbocycles. The lowest BCUT2D eigenvalue weighted by Crippen LogP contribution is -2.12. The van der Waals surface area contributed by atoms with E-state index >= 15 is 0 Å². The third-order valence-corrected chi connectivity index (χ3v) is 3.25. The van der Waals surface area contributed by atoms with E-state index in [9.17, 15) is 0 Å². The van der Waals surface area contributed by atoms with Crippen LogP contribution in [0, 0.1) is 6.92 Å². The van der Waals surface area contributed by atoms with Crippen LogP contribution < -0.4 is 11.1 Å². The van der Waals surface area contributed by atoms with E-state index in [-0.39, 0.29) is 6.04 Å². The SMILES string of the molecule is Cc1cc(C(N)=S)ccc1NC(C)c1ccccn1. The zero-order chi connectivity index (χ0) is 13.8. The third-order valence-electron chi connectivity index (χ3n) is 3.01. The Kier molecular flexibility index (Phi) is 4.12. The number of benzene rings is 1. The number of hydrogen-bond acceptors (Lipinski definition) is 3. The third kappa shape index (κ3) is 3.29. The van der Waals surface area contributed by atoms with Gasteiger partial charge in [0.15, 0.2) is 0 Å². The van der Waals surface area contributed by atoms with Crippen molar-refractivity contribution in [1.82, 2.24) is 4.98 Å². The summed E-state index contributed by atoms with van der Waals surface area (Å²) in [6, 6.07) is 12.0. The highest BCUT2D eigenvalue weighted by Gasteiger charge is 2.08. The Hall–Kier alpha value is -1.94. The van der Waals surface area contributed by atoms with Crippen LogP contribution in [0.3, 0.4) is 0 Å². The summed E-state index contributed by atoms with van der Waals surface area (Å²) in [5, 5.41) is 3.45. The lowest BCUT2D eigenvalue weighted by atomic mass is 10.1. The summed E-state index contributed by atoms with van der Waals surface area (Å²) in [7, 11) is 0. The number of anilines is 1. The molecule has 0 aliphatic rings. The quantitative estimate of drug-likeness (QED) is 0.838. The molecule has 0 aliphatic carbocycles. The highest BCUT2D eigenvalue weighted by atomic mass is 32.1. The minimum Gasteiger partial charge on any atom is -0.389 e.